The molecular weight excluding hydrogens is 274 g/mol. The Balaban J connectivity index is 1.77. The van der Waals surface area contributed by atoms with Crippen molar-refractivity contribution in [2.45, 2.75) is 26.2 Å². The summed E-state index contributed by atoms with van der Waals surface area (Å²) in [6, 6.07) is 20.5. The van der Waals surface area contributed by atoms with Crippen LogP contribution in [-0.4, -0.2) is 35.8 Å². The molecule has 1 atom stereocenters. The third-order valence-corrected chi connectivity index (χ3v) is 3.43. The average Bonchev–Trinajstić information content (AvgIpc) is 2.53. The zero-order valence-electron chi connectivity index (χ0n) is 13.2. The number of nitrogens with zero attached hydrogens (tertiary/aromatic N) is 1. The summed E-state index contributed by atoms with van der Waals surface area (Å²) in [7, 11) is 0. The van der Waals surface area contributed by atoms with Crippen molar-refractivity contribution < 1.29 is 9.84 Å². The average molecular weight is 299 g/mol. The van der Waals surface area contributed by atoms with E-state index in [0.717, 1.165) is 13.1 Å². The van der Waals surface area contributed by atoms with Crippen molar-refractivity contribution in [3.63, 3.8) is 0 Å². The predicted octanol–water partition coefficient (Wildman–Crippen LogP) is 3.09. The minimum Gasteiger partial charge on any atom is -0.392 e. The number of hydrogen-bond acceptors (Lipinski definition) is 3. The van der Waals surface area contributed by atoms with E-state index in [-0.39, 0.29) is 6.10 Å². The Labute approximate surface area is 133 Å². The van der Waals surface area contributed by atoms with Crippen molar-refractivity contribution in [2.75, 3.05) is 19.7 Å². The molecule has 1 unspecified atom stereocenters. The molecule has 0 saturated heterocycles. The van der Waals surface area contributed by atoms with E-state index in [9.17, 15) is 5.11 Å². The largest absolute Gasteiger partial charge is 0.392 e. The van der Waals surface area contributed by atoms with Crippen LogP contribution in [0.3, 0.4) is 0 Å². The Bertz CT molecular complexity index is 513. The Morgan fingerprint density at radius 2 is 1.55 bits per heavy atom. The zero-order valence-corrected chi connectivity index (χ0v) is 13.2. The Kier molecular flexibility index (Phi) is 7.10. The Hall–Kier alpha value is -1.68. The molecule has 3 nitrogen and oxygen atoms in total. The van der Waals surface area contributed by atoms with Crippen LogP contribution in [0.4, 0.5) is 0 Å². The summed E-state index contributed by atoms with van der Waals surface area (Å²) < 4.78 is 5.75. The summed E-state index contributed by atoms with van der Waals surface area (Å²) in [4.78, 5) is 2.23. The molecule has 3 heteroatoms. The lowest BCUT2D eigenvalue weighted by Crippen LogP contribution is -2.33. The Morgan fingerprint density at radius 3 is 2.14 bits per heavy atom. The second kappa shape index (κ2) is 9.36. The molecular formula is C19H25NO2. The van der Waals surface area contributed by atoms with Crippen molar-refractivity contribution in [2.24, 2.45) is 0 Å². The van der Waals surface area contributed by atoms with Gasteiger partial charge in [-0.3, -0.25) is 4.90 Å². The second-order valence-electron chi connectivity index (χ2n) is 5.61. The van der Waals surface area contributed by atoms with Crippen molar-refractivity contribution >= 4 is 0 Å². The second-order valence-corrected chi connectivity index (χ2v) is 5.61. The molecule has 0 aliphatic rings. The molecule has 0 fully saturated rings. The van der Waals surface area contributed by atoms with Gasteiger partial charge in [0.05, 0.1) is 19.3 Å². The van der Waals surface area contributed by atoms with Gasteiger partial charge in [0.2, 0.25) is 0 Å². The first-order chi connectivity index (χ1) is 10.7. The number of rotatable bonds is 9. The molecule has 0 heterocycles. The van der Waals surface area contributed by atoms with Crippen molar-refractivity contribution in [1.29, 1.82) is 0 Å². The van der Waals surface area contributed by atoms with Gasteiger partial charge in [-0.05, 0) is 18.1 Å². The van der Waals surface area contributed by atoms with Gasteiger partial charge in [0.25, 0.3) is 0 Å². The normalized spacial score (nSPS) is 12.5. The fourth-order valence-corrected chi connectivity index (χ4v) is 2.41. The van der Waals surface area contributed by atoms with Crippen molar-refractivity contribution in [1.82, 2.24) is 4.90 Å². The van der Waals surface area contributed by atoms with E-state index in [1.54, 1.807) is 0 Å². The molecule has 0 amide bonds. The van der Waals surface area contributed by atoms with Gasteiger partial charge in [-0.25, -0.2) is 0 Å². The molecule has 0 radical (unpaired) electrons. The summed E-state index contributed by atoms with van der Waals surface area (Å²) in [5.41, 5.74) is 2.44. The van der Waals surface area contributed by atoms with Crippen LogP contribution >= 0.6 is 0 Å². The van der Waals surface area contributed by atoms with E-state index >= 15 is 0 Å². The summed E-state index contributed by atoms with van der Waals surface area (Å²) in [5, 5.41) is 9.65. The molecule has 0 bridgehead atoms. The predicted molar refractivity (Wildman–Crippen MR) is 89.5 cm³/mol. The lowest BCUT2D eigenvalue weighted by atomic mass is 10.2. The summed E-state index contributed by atoms with van der Waals surface area (Å²) >= 11 is 0. The highest BCUT2D eigenvalue weighted by molar-refractivity contribution is 5.14. The fraction of sp³-hybridized carbons (Fsp3) is 0.368. The van der Waals surface area contributed by atoms with Crippen LogP contribution in [0.2, 0.25) is 0 Å². The van der Waals surface area contributed by atoms with E-state index < -0.39 is 0 Å². The molecule has 118 valence electrons. The summed E-state index contributed by atoms with van der Waals surface area (Å²) in [6.45, 7) is 5.42. The number of benzene rings is 2. The first-order valence-corrected chi connectivity index (χ1v) is 7.80. The lowest BCUT2D eigenvalue weighted by Gasteiger charge is -2.23. The smallest absolute Gasteiger partial charge is 0.0717 e. The van der Waals surface area contributed by atoms with Gasteiger partial charge in [-0.15, -0.1) is 0 Å². The summed E-state index contributed by atoms with van der Waals surface area (Å²) in [6.07, 6.45) is -0.335. The molecule has 22 heavy (non-hydrogen) atoms. The summed E-state index contributed by atoms with van der Waals surface area (Å²) in [5.74, 6) is 0. The molecule has 2 rings (SSSR count). The van der Waals surface area contributed by atoms with Crippen LogP contribution in [0.15, 0.2) is 60.7 Å². The highest BCUT2D eigenvalue weighted by Gasteiger charge is 2.09. The van der Waals surface area contributed by atoms with E-state index in [2.05, 4.69) is 29.2 Å². The Morgan fingerprint density at radius 1 is 0.955 bits per heavy atom. The number of ether oxygens (including phenoxy) is 1. The van der Waals surface area contributed by atoms with Crippen LogP contribution in [-0.2, 0) is 17.9 Å². The molecule has 1 N–H and O–H groups in total. The van der Waals surface area contributed by atoms with Gasteiger partial charge in [-0.2, -0.15) is 0 Å². The van der Waals surface area contributed by atoms with E-state index in [1.165, 1.54) is 11.1 Å². The van der Waals surface area contributed by atoms with Crippen LogP contribution < -0.4 is 0 Å². The van der Waals surface area contributed by atoms with Gasteiger partial charge in [0, 0.05) is 19.6 Å². The number of aliphatic hydroxyl groups excluding tert-OH is 1. The number of aliphatic hydroxyl groups is 1. The maximum atomic E-state index is 9.65. The van der Waals surface area contributed by atoms with Crippen LogP contribution in [0.1, 0.15) is 18.1 Å². The third kappa shape index (κ3) is 6.39. The molecule has 0 spiro atoms. The van der Waals surface area contributed by atoms with Gasteiger partial charge in [0.1, 0.15) is 0 Å². The quantitative estimate of drug-likeness (QED) is 0.722. The number of hydrogen-bond donors (Lipinski definition) is 1. The van der Waals surface area contributed by atoms with Crippen LogP contribution in [0.25, 0.3) is 0 Å². The molecule has 0 aromatic heterocycles. The lowest BCUT2D eigenvalue weighted by molar-refractivity contribution is 0.0678. The van der Waals surface area contributed by atoms with Gasteiger partial charge >= 0.3 is 0 Å². The minimum absolute atomic E-state index is 0.335. The van der Waals surface area contributed by atoms with Gasteiger partial charge < -0.3 is 9.84 Å². The van der Waals surface area contributed by atoms with Gasteiger partial charge in [-0.1, -0.05) is 60.7 Å². The minimum atomic E-state index is -0.335. The molecule has 0 aliphatic heterocycles. The zero-order chi connectivity index (χ0) is 15.6. The van der Waals surface area contributed by atoms with Gasteiger partial charge in [0.15, 0.2) is 0 Å². The standard InChI is InChI=1S/C19H25NO2/c1-17(21)14-20(15-18-8-4-2-5-9-18)12-13-22-16-19-10-6-3-7-11-19/h2-11,17,21H,12-16H2,1H3. The van der Waals surface area contributed by atoms with E-state index in [0.29, 0.717) is 19.8 Å². The topological polar surface area (TPSA) is 32.7 Å². The molecule has 0 aliphatic carbocycles. The van der Waals surface area contributed by atoms with Crippen molar-refractivity contribution in [3.8, 4) is 0 Å². The van der Waals surface area contributed by atoms with Crippen LogP contribution in [0, 0.1) is 0 Å². The fourth-order valence-electron chi connectivity index (χ4n) is 2.41. The van der Waals surface area contributed by atoms with E-state index in [1.807, 2.05) is 43.3 Å². The SMILES string of the molecule is CC(O)CN(CCOCc1ccccc1)Cc1ccccc1. The highest BCUT2D eigenvalue weighted by atomic mass is 16.5. The third-order valence-electron chi connectivity index (χ3n) is 3.43. The molecule has 2 aromatic carbocycles. The maximum Gasteiger partial charge on any atom is 0.0717 e. The maximum absolute atomic E-state index is 9.65. The monoisotopic (exact) mass is 299 g/mol. The first-order valence-electron chi connectivity index (χ1n) is 7.80. The highest BCUT2D eigenvalue weighted by Crippen LogP contribution is 2.06. The van der Waals surface area contributed by atoms with E-state index in [4.69, 9.17) is 4.74 Å². The van der Waals surface area contributed by atoms with Crippen LogP contribution in [0.5, 0.6) is 0 Å². The molecule has 2 aromatic rings. The molecule has 0 saturated carbocycles. The van der Waals surface area contributed by atoms with Crippen molar-refractivity contribution in [3.05, 3.63) is 71.8 Å². The first kappa shape index (κ1) is 16.7.